The molecule has 0 aromatic heterocycles. The van der Waals surface area contributed by atoms with E-state index in [2.05, 4.69) is 5.32 Å². The maximum atomic E-state index is 13.1. The van der Waals surface area contributed by atoms with Crippen molar-refractivity contribution in [2.75, 3.05) is 20.6 Å². The molecule has 36 heavy (non-hydrogen) atoms. The number of hydrogen-bond donors (Lipinski definition) is 2. The summed E-state index contributed by atoms with van der Waals surface area (Å²) in [5.74, 6) is -1.69. The van der Waals surface area contributed by atoms with Crippen LogP contribution in [0.3, 0.4) is 0 Å². The smallest absolute Gasteiger partial charge is 0.414 e. The van der Waals surface area contributed by atoms with Crippen molar-refractivity contribution in [3.8, 4) is 11.8 Å². The van der Waals surface area contributed by atoms with Crippen molar-refractivity contribution in [2.24, 2.45) is 0 Å². The first kappa shape index (κ1) is 26.7. The van der Waals surface area contributed by atoms with Crippen molar-refractivity contribution in [3.63, 3.8) is 0 Å². The number of hydrogen-bond acceptors (Lipinski definition) is 7. The summed E-state index contributed by atoms with van der Waals surface area (Å²) in [5, 5.41) is 21.1. The first-order chi connectivity index (χ1) is 17.0. The lowest BCUT2D eigenvalue weighted by molar-refractivity contribution is -0.142. The van der Waals surface area contributed by atoms with E-state index in [0.29, 0.717) is 17.5 Å². The Kier molecular flexibility index (Phi) is 8.29. The van der Waals surface area contributed by atoms with Crippen LogP contribution < -0.4 is 10.1 Å². The van der Waals surface area contributed by atoms with Crippen LogP contribution in [0.1, 0.15) is 24.0 Å². The molecule has 2 aromatic rings. The average molecular weight is 515 g/mol. The van der Waals surface area contributed by atoms with Crippen LogP contribution in [0.25, 0.3) is 0 Å². The highest BCUT2D eigenvalue weighted by Gasteiger charge is 2.40. The molecule has 2 atom stereocenters. The van der Waals surface area contributed by atoms with Crippen LogP contribution in [0.4, 0.5) is 4.79 Å². The van der Waals surface area contributed by atoms with Crippen LogP contribution in [-0.4, -0.2) is 73.4 Å². The molecule has 1 heterocycles. The van der Waals surface area contributed by atoms with Crippen molar-refractivity contribution in [3.05, 3.63) is 59.7 Å². The summed E-state index contributed by atoms with van der Waals surface area (Å²) in [5.41, 5.74) is 0.874. The second-order valence-electron chi connectivity index (χ2n) is 8.42. The molecular formula is C24H26N4O7S. The monoisotopic (exact) mass is 514 g/mol. The fourth-order valence-electron chi connectivity index (χ4n) is 3.72. The number of carboxylic acids is 1. The van der Waals surface area contributed by atoms with Crippen molar-refractivity contribution < 1.29 is 32.6 Å². The van der Waals surface area contributed by atoms with Gasteiger partial charge in [0, 0.05) is 27.1 Å². The van der Waals surface area contributed by atoms with Gasteiger partial charge in [0.2, 0.25) is 15.9 Å². The van der Waals surface area contributed by atoms with E-state index in [9.17, 15) is 27.9 Å². The van der Waals surface area contributed by atoms with Gasteiger partial charge in [-0.05, 0) is 54.8 Å². The van der Waals surface area contributed by atoms with E-state index < -0.39 is 40.1 Å². The molecule has 0 unspecified atom stereocenters. The molecule has 0 aliphatic carbocycles. The van der Waals surface area contributed by atoms with Gasteiger partial charge in [-0.25, -0.2) is 18.0 Å². The van der Waals surface area contributed by atoms with Gasteiger partial charge in [-0.1, -0.05) is 12.1 Å². The molecule has 0 spiro atoms. The summed E-state index contributed by atoms with van der Waals surface area (Å²) in [6, 6.07) is 11.1. The molecule has 0 bridgehead atoms. The minimum atomic E-state index is -4.02. The van der Waals surface area contributed by atoms with Gasteiger partial charge in [0.1, 0.15) is 17.8 Å². The summed E-state index contributed by atoms with van der Waals surface area (Å²) in [6.45, 7) is 0.116. The lowest BCUT2D eigenvalue weighted by Gasteiger charge is -2.25. The number of rotatable bonds is 8. The minimum absolute atomic E-state index is 0.0500. The number of sulfonamides is 1. The van der Waals surface area contributed by atoms with Gasteiger partial charge < -0.3 is 20.1 Å². The van der Waals surface area contributed by atoms with Crippen molar-refractivity contribution in [2.45, 2.75) is 36.2 Å². The predicted octanol–water partition coefficient (Wildman–Crippen LogP) is 1.58. The standard InChI is InChI=1S/C24H26N4O7S/c1-27(2)24(32)35-18-9-5-16(6-10-18)14-20(23(30)31)26-22(29)21-4-3-13-28(21)36(33,34)19-11-7-17(15-25)8-12-19/h5-12,20-21H,3-4,13-14H2,1-2H3,(H,26,29)(H,30,31)/t20-,21+/m1/s1. The molecule has 1 aliphatic heterocycles. The molecular weight excluding hydrogens is 488 g/mol. The summed E-state index contributed by atoms with van der Waals surface area (Å²) >= 11 is 0. The Bertz CT molecular complexity index is 1270. The van der Waals surface area contributed by atoms with Crippen LogP contribution in [0.2, 0.25) is 0 Å². The number of nitrogens with one attached hydrogen (secondary N) is 1. The Morgan fingerprint density at radius 3 is 2.36 bits per heavy atom. The molecule has 2 aromatic carbocycles. The van der Waals surface area contributed by atoms with Crippen LogP contribution in [0.15, 0.2) is 53.4 Å². The molecule has 1 fully saturated rings. The highest BCUT2D eigenvalue weighted by atomic mass is 32.2. The Hall–Kier alpha value is -3.95. The molecule has 190 valence electrons. The fourth-order valence-corrected chi connectivity index (χ4v) is 5.37. The number of carboxylic acid groups (broad SMARTS) is 1. The number of amides is 2. The Balaban J connectivity index is 1.70. The van der Waals surface area contributed by atoms with E-state index >= 15 is 0 Å². The van der Waals surface area contributed by atoms with Gasteiger partial charge in [0.15, 0.2) is 0 Å². The van der Waals surface area contributed by atoms with Crippen LogP contribution in [-0.2, 0) is 26.0 Å². The first-order valence-corrected chi connectivity index (χ1v) is 12.5. The summed E-state index contributed by atoms with van der Waals surface area (Å²) in [4.78, 5) is 37.7. The largest absolute Gasteiger partial charge is 0.480 e. The first-order valence-electron chi connectivity index (χ1n) is 11.1. The van der Waals surface area contributed by atoms with E-state index in [0.717, 1.165) is 4.31 Å². The van der Waals surface area contributed by atoms with Gasteiger partial charge in [0.05, 0.1) is 16.5 Å². The van der Waals surface area contributed by atoms with Crippen molar-refractivity contribution >= 4 is 28.0 Å². The number of nitriles is 1. The molecule has 12 heteroatoms. The maximum Gasteiger partial charge on any atom is 0.414 e. The SMILES string of the molecule is CN(C)C(=O)Oc1ccc(C[C@@H](NC(=O)[C@@H]2CCCN2S(=O)(=O)c2ccc(C#N)cc2)C(=O)O)cc1. The summed E-state index contributed by atoms with van der Waals surface area (Å²) < 4.78 is 32.4. The molecule has 11 nitrogen and oxygen atoms in total. The third-order valence-corrected chi connectivity index (χ3v) is 7.57. The number of carbonyl (C=O) groups excluding carboxylic acids is 2. The zero-order valence-corrected chi connectivity index (χ0v) is 20.6. The molecule has 2 N–H and O–H groups in total. The summed E-state index contributed by atoms with van der Waals surface area (Å²) in [7, 11) is -0.944. The van der Waals surface area contributed by atoms with E-state index in [4.69, 9.17) is 10.00 Å². The Morgan fingerprint density at radius 2 is 1.81 bits per heavy atom. The van der Waals surface area contributed by atoms with Gasteiger partial charge in [0.25, 0.3) is 0 Å². The molecule has 3 rings (SSSR count). The zero-order chi connectivity index (χ0) is 26.5. The van der Waals surface area contributed by atoms with E-state index in [-0.39, 0.29) is 30.0 Å². The number of ether oxygens (including phenoxy) is 1. The van der Waals surface area contributed by atoms with Gasteiger partial charge in [-0.2, -0.15) is 9.57 Å². The minimum Gasteiger partial charge on any atom is -0.480 e. The van der Waals surface area contributed by atoms with Crippen LogP contribution in [0, 0.1) is 11.3 Å². The predicted molar refractivity (Wildman–Crippen MR) is 127 cm³/mol. The number of nitrogens with zero attached hydrogens (tertiary/aromatic N) is 3. The lowest BCUT2D eigenvalue weighted by atomic mass is 10.1. The van der Waals surface area contributed by atoms with Gasteiger partial charge in [-0.3, -0.25) is 4.79 Å². The maximum absolute atomic E-state index is 13.1. The topological polar surface area (TPSA) is 157 Å². The molecule has 1 aliphatic rings. The van der Waals surface area contributed by atoms with Crippen LogP contribution >= 0.6 is 0 Å². The fraction of sp³-hybridized carbons (Fsp3) is 0.333. The second kappa shape index (κ2) is 11.2. The van der Waals surface area contributed by atoms with E-state index in [1.165, 1.54) is 55.4 Å². The highest BCUT2D eigenvalue weighted by molar-refractivity contribution is 7.89. The highest BCUT2D eigenvalue weighted by Crippen LogP contribution is 2.26. The van der Waals surface area contributed by atoms with Crippen molar-refractivity contribution in [1.82, 2.24) is 14.5 Å². The third kappa shape index (κ3) is 6.18. The van der Waals surface area contributed by atoms with Crippen molar-refractivity contribution in [1.29, 1.82) is 5.26 Å². The Labute approximate surface area is 208 Å². The Morgan fingerprint density at radius 1 is 1.17 bits per heavy atom. The molecule has 2 amide bonds. The molecule has 0 saturated carbocycles. The quantitative estimate of drug-likeness (QED) is 0.538. The normalized spacial score (nSPS) is 16.5. The lowest BCUT2D eigenvalue weighted by Crippen LogP contribution is -2.51. The van der Waals surface area contributed by atoms with E-state index in [1.54, 1.807) is 12.1 Å². The van der Waals surface area contributed by atoms with Gasteiger partial charge >= 0.3 is 12.1 Å². The van der Waals surface area contributed by atoms with Gasteiger partial charge in [-0.15, -0.1) is 0 Å². The summed E-state index contributed by atoms with van der Waals surface area (Å²) in [6.07, 6.45) is 0.0754. The average Bonchev–Trinajstić information content (AvgIpc) is 3.36. The number of aliphatic carboxylic acids is 1. The third-order valence-electron chi connectivity index (χ3n) is 5.64. The second-order valence-corrected chi connectivity index (χ2v) is 10.3. The molecule has 0 radical (unpaired) electrons. The number of carbonyl (C=O) groups is 3. The van der Waals surface area contributed by atoms with E-state index in [1.807, 2.05) is 6.07 Å². The zero-order valence-electron chi connectivity index (χ0n) is 19.7. The van der Waals surface area contributed by atoms with Crippen LogP contribution in [0.5, 0.6) is 5.75 Å². The number of benzene rings is 2. The molecule has 1 saturated heterocycles.